The van der Waals surface area contributed by atoms with Gasteiger partial charge in [-0.3, -0.25) is 9.59 Å². The molecule has 5 nitrogen and oxygen atoms in total. The van der Waals surface area contributed by atoms with Crippen molar-refractivity contribution in [2.24, 2.45) is 5.73 Å². The van der Waals surface area contributed by atoms with Gasteiger partial charge in [0.2, 0.25) is 5.91 Å². The van der Waals surface area contributed by atoms with E-state index in [-0.39, 0.29) is 17.9 Å². The van der Waals surface area contributed by atoms with Gasteiger partial charge in [-0.05, 0) is 24.1 Å². The topological polar surface area (TPSA) is 75.4 Å². The van der Waals surface area contributed by atoms with Gasteiger partial charge in [-0.15, -0.1) is 0 Å². The van der Waals surface area contributed by atoms with E-state index in [2.05, 4.69) is 5.32 Å². The maximum atomic E-state index is 12.9. The molecule has 1 heterocycles. The van der Waals surface area contributed by atoms with Gasteiger partial charge in [-0.1, -0.05) is 48.5 Å². The standard InChI is InChI=1S/C19H21N3O2/c20-16-11-12-22(13-16)19(24)17(14-7-3-1-4-8-14)21-18(23)15-9-5-2-6-10-15/h1-10,16-17H,11-13,20H2,(H,21,23)/t16-,17?/m1/s1. The maximum absolute atomic E-state index is 12.9. The van der Waals surface area contributed by atoms with Crippen molar-refractivity contribution < 1.29 is 9.59 Å². The number of amides is 2. The van der Waals surface area contributed by atoms with Gasteiger partial charge in [0.05, 0.1) is 0 Å². The minimum absolute atomic E-state index is 0.00944. The lowest BCUT2D eigenvalue weighted by molar-refractivity contribution is -0.132. The van der Waals surface area contributed by atoms with Crippen LogP contribution in [0.4, 0.5) is 0 Å². The van der Waals surface area contributed by atoms with Gasteiger partial charge in [0.1, 0.15) is 6.04 Å². The molecule has 1 fully saturated rings. The summed E-state index contributed by atoms with van der Waals surface area (Å²) < 4.78 is 0. The second kappa shape index (κ2) is 7.27. The molecule has 0 aromatic heterocycles. The third-order valence-electron chi connectivity index (χ3n) is 4.23. The van der Waals surface area contributed by atoms with Crippen molar-refractivity contribution in [2.75, 3.05) is 13.1 Å². The number of benzene rings is 2. The number of nitrogens with two attached hydrogens (primary N) is 1. The largest absolute Gasteiger partial charge is 0.339 e. The number of rotatable bonds is 4. The van der Waals surface area contributed by atoms with Crippen LogP contribution in [-0.2, 0) is 4.79 Å². The monoisotopic (exact) mass is 323 g/mol. The SMILES string of the molecule is N[C@@H]1CCN(C(=O)C(NC(=O)c2ccccc2)c2ccccc2)C1. The second-order valence-electron chi connectivity index (χ2n) is 6.02. The Balaban J connectivity index is 1.83. The first-order chi connectivity index (χ1) is 11.6. The Hall–Kier alpha value is -2.66. The highest BCUT2D eigenvalue weighted by molar-refractivity contribution is 5.97. The highest BCUT2D eigenvalue weighted by atomic mass is 16.2. The smallest absolute Gasteiger partial charge is 0.252 e. The molecular formula is C19H21N3O2. The van der Waals surface area contributed by atoms with Gasteiger partial charge in [0, 0.05) is 24.7 Å². The van der Waals surface area contributed by atoms with Gasteiger partial charge in [-0.2, -0.15) is 0 Å². The molecule has 2 aromatic rings. The van der Waals surface area contributed by atoms with E-state index in [0.717, 1.165) is 12.0 Å². The zero-order chi connectivity index (χ0) is 16.9. The minimum atomic E-state index is -0.704. The summed E-state index contributed by atoms with van der Waals surface area (Å²) in [7, 11) is 0. The lowest BCUT2D eigenvalue weighted by Crippen LogP contribution is -2.42. The van der Waals surface area contributed by atoms with E-state index in [1.165, 1.54) is 0 Å². The number of nitrogens with one attached hydrogen (secondary N) is 1. The van der Waals surface area contributed by atoms with Gasteiger partial charge >= 0.3 is 0 Å². The number of likely N-dealkylation sites (tertiary alicyclic amines) is 1. The molecule has 0 bridgehead atoms. The van der Waals surface area contributed by atoms with Gasteiger partial charge < -0.3 is 16.0 Å². The van der Waals surface area contributed by atoms with E-state index in [0.29, 0.717) is 18.7 Å². The molecule has 3 rings (SSSR count). The van der Waals surface area contributed by atoms with E-state index in [4.69, 9.17) is 5.73 Å². The van der Waals surface area contributed by atoms with Gasteiger partial charge in [0.25, 0.3) is 5.91 Å². The first-order valence-electron chi connectivity index (χ1n) is 8.10. The summed E-state index contributed by atoms with van der Waals surface area (Å²) in [6.45, 7) is 1.16. The Labute approximate surface area is 141 Å². The van der Waals surface area contributed by atoms with Crippen molar-refractivity contribution in [1.82, 2.24) is 10.2 Å². The Morgan fingerprint density at radius 2 is 1.67 bits per heavy atom. The zero-order valence-electron chi connectivity index (χ0n) is 13.4. The van der Waals surface area contributed by atoms with Crippen LogP contribution in [0.25, 0.3) is 0 Å². The van der Waals surface area contributed by atoms with E-state index in [1.54, 1.807) is 29.2 Å². The van der Waals surface area contributed by atoms with E-state index < -0.39 is 6.04 Å². The molecular weight excluding hydrogens is 302 g/mol. The molecule has 2 atom stereocenters. The van der Waals surface area contributed by atoms with Crippen LogP contribution in [0.5, 0.6) is 0 Å². The number of hydrogen-bond donors (Lipinski definition) is 2. The van der Waals surface area contributed by atoms with E-state index in [1.807, 2.05) is 36.4 Å². The molecule has 2 amide bonds. The molecule has 0 aliphatic carbocycles. The maximum Gasteiger partial charge on any atom is 0.252 e. The van der Waals surface area contributed by atoms with Crippen LogP contribution in [0.3, 0.4) is 0 Å². The Morgan fingerprint density at radius 3 is 2.25 bits per heavy atom. The molecule has 1 aliphatic heterocycles. The lowest BCUT2D eigenvalue weighted by Gasteiger charge is -2.24. The van der Waals surface area contributed by atoms with E-state index >= 15 is 0 Å². The predicted octanol–water partition coefficient (Wildman–Crippen LogP) is 1.72. The molecule has 5 heteroatoms. The number of carbonyl (C=O) groups excluding carboxylic acids is 2. The van der Waals surface area contributed by atoms with Crippen LogP contribution in [0.1, 0.15) is 28.4 Å². The van der Waals surface area contributed by atoms with Crippen molar-refractivity contribution in [3.8, 4) is 0 Å². The fourth-order valence-corrected chi connectivity index (χ4v) is 2.91. The van der Waals surface area contributed by atoms with Crippen molar-refractivity contribution in [2.45, 2.75) is 18.5 Å². The van der Waals surface area contributed by atoms with Crippen LogP contribution in [0.2, 0.25) is 0 Å². The first kappa shape index (κ1) is 16.2. The average Bonchev–Trinajstić information content (AvgIpc) is 3.07. The number of carbonyl (C=O) groups is 2. The fourth-order valence-electron chi connectivity index (χ4n) is 2.91. The lowest BCUT2D eigenvalue weighted by atomic mass is 10.0. The van der Waals surface area contributed by atoms with Crippen LogP contribution in [0, 0.1) is 0 Å². The molecule has 0 saturated carbocycles. The second-order valence-corrected chi connectivity index (χ2v) is 6.02. The van der Waals surface area contributed by atoms with E-state index in [9.17, 15) is 9.59 Å². The molecule has 0 radical (unpaired) electrons. The molecule has 1 unspecified atom stereocenters. The Bertz CT molecular complexity index is 703. The highest BCUT2D eigenvalue weighted by Crippen LogP contribution is 2.19. The summed E-state index contributed by atoms with van der Waals surface area (Å²) in [4.78, 5) is 27.1. The number of nitrogens with zero attached hydrogens (tertiary/aromatic N) is 1. The molecule has 24 heavy (non-hydrogen) atoms. The first-order valence-corrected chi connectivity index (χ1v) is 8.10. The van der Waals surface area contributed by atoms with Gasteiger partial charge in [-0.25, -0.2) is 0 Å². The number of hydrogen-bond acceptors (Lipinski definition) is 3. The van der Waals surface area contributed by atoms with Crippen molar-refractivity contribution in [3.05, 3.63) is 71.8 Å². The normalized spacial score (nSPS) is 18.2. The Morgan fingerprint density at radius 1 is 1.04 bits per heavy atom. The minimum Gasteiger partial charge on any atom is -0.339 e. The van der Waals surface area contributed by atoms with Crippen LogP contribution in [0.15, 0.2) is 60.7 Å². The fraction of sp³-hybridized carbons (Fsp3) is 0.263. The van der Waals surface area contributed by atoms with Crippen molar-refractivity contribution >= 4 is 11.8 Å². The summed E-state index contributed by atoms with van der Waals surface area (Å²) >= 11 is 0. The summed E-state index contributed by atoms with van der Waals surface area (Å²) in [5, 5.41) is 2.87. The summed E-state index contributed by atoms with van der Waals surface area (Å²) in [5.41, 5.74) is 7.22. The van der Waals surface area contributed by atoms with Crippen LogP contribution >= 0.6 is 0 Å². The highest BCUT2D eigenvalue weighted by Gasteiger charge is 2.31. The molecule has 0 spiro atoms. The zero-order valence-corrected chi connectivity index (χ0v) is 13.4. The summed E-state index contributed by atoms with van der Waals surface area (Å²) in [6.07, 6.45) is 0.792. The predicted molar refractivity (Wildman–Crippen MR) is 92.3 cm³/mol. The van der Waals surface area contributed by atoms with Crippen molar-refractivity contribution in [1.29, 1.82) is 0 Å². The third kappa shape index (κ3) is 3.63. The summed E-state index contributed by atoms with van der Waals surface area (Å²) in [5.74, 6) is -0.375. The molecule has 2 aromatic carbocycles. The van der Waals surface area contributed by atoms with Gasteiger partial charge in [0.15, 0.2) is 0 Å². The summed E-state index contributed by atoms with van der Waals surface area (Å²) in [6, 6.07) is 17.5. The van der Waals surface area contributed by atoms with Crippen LogP contribution < -0.4 is 11.1 Å². The molecule has 3 N–H and O–H groups in total. The third-order valence-corrected chi connectivity index (χ3v) is 4.23. The quantitative estimate of drug-likeness (QED) is 0.899. The Kier molecular flexibility index (Phi) is 4.91. The average molecular weight is 323 g/mol. The molecule has 124 valence electrons. The van der Waals surface area contributed by atoms with Crippen LogP contribution in [-0.4, -0.2) is 35.8 Å². The molecule has 1 saturated heterocycles. The molecule has 1 aliphatic rings. The van der Waals surface area contributed by atoms with Crippen molar-refractivity contribution in [3.63, 3.8) is 0 Å².